The minimum Gasteiger partial charge on any atom is -0.481 e. The summed E-state index contributed by atoms with van der Waals surface area (Å²) in [5.41, 5.74) is 0.781. The van der Waals surface area contributed by atoms with Crippen LogP contribution in [0.2, 0.25) is 0 Å². The summed E-state index contributed by atoms with van der Waals surface area (Å²) in [7, 11) is 0. The van der Waals surface area contributed by atoms with E-state index in [4.69, 9.17) is 5.11 Å². The van der Waals surface area contributed by atoms with Crippen molar-refractivity contribution in [1.82, 2.24) is 4.90 Å². The first kappa shape index (κ1) is 21.9. The number of hydrogen-bond donors (Lipinski definition) is 3. The summed E-state index contributed by atoms with van der Waals surface area (Å²) in [4.78, 5) is 24.8. The van der Waals surface area contributed by atoms with Crippen LogP contribution < -0.4 is 0 Å². The number of aliphatic carboxylic acids is 1. The molecule has 1 heterocycles. The summed E-state index contributed by atoms with van der Waals surface area (Å²) in [6.45, 7) is 4.29. The number of likely N-dealkylation sites (tertiary alicyclic amines) is 1. The van der Waals surface area contributed by atoms with E-state index in [9.17, 15) is 24.2 Å². The average Bonchev–Trinajstić information content (AvgIpc) is 2.90. The lowest BCUT2D eigenvalue weighted by atomic mass is 9.88. The quantitative estimate of drug-likeness (QED) is 0.616. The predicted octanol–water partition coefficient (Wildman–Crippen LogP) is 1.79. The van der Waals surface area contributed by atoms with Crippen molar-refractivity contribution in [2.24, 2.45) is 11.8 Å². The number of carbonyl (C=O) groups is 2. The normalized spacial score (nSPS) is 21.4. The van der Waals surface area contributed by atoms with Crippen molar-refractivity contribution in [2.45, 2.75) is 57.9 Å². The minimum absolute atomic E-state index is 0.0170. The number of aliphatic hydroxyl groups excluding tert-OH is 2. The summed E-state index contributed by atoms with van der Waals surface area (Å²) in [6, 6.07) is 5.50. The lowest BCUT2D eigenvalue weighted by Crippen LogP contribution is -2.35. The van der Waals surface area contributed by atoms with Crippen LogP contribution in [0.1, 0.15) is 38.7 Å². The Bertz CT molecular complexity index is 752. The highest BCUT2D eigenvalue weighted by molar-refractivity contribution is 5.80. The number of carbonyl (C=O) groups excluding carboxylic acids is 1. The smallest absolute Gasteiger partial charge is 0.305 e. The van der Waals surface area contributed by atoms with Crippen molar-refractivity contribution in [3.05, 3.63) is 35.6 Å². The van der Waals surface area contributed by atoms with Crippen LogP contribution in [0.3, 0.4) is 0 Å². The molecule has 1 aromatic rings. The average molecular weight is 391 g/mol. The monoisotopic (exact) mass is 391 g/mol. The Morgan fingerprint density at radius 1 is 1.29 bits per heavy atom. The van der Waals surface area contributed by atoms with E-state index < -0.39 is 30.6 Å². The van der Waals surface area contributed by atoms with Gasteiger partial charge >= 0.3 is 5.97 Å². The van der Waals surface area contributed by atoms with Crippen molar-refractivity contribution in [3.8, 4) is 11.8 Å². The molecule has 1 saturated heterocycles. The zero-order valence-corrected chi connectivity index (χ0v) is 16.0. The van der Waals surface area contributed by atoms with Crippen molar-refractivity contribution in [2.75, 3.05) is 0 Å². The number of nitrogens with zero attached hydrogens (tertiary/aromatic N) is 1. The van der Waals surface area contributed by atoms with Gasteiger partial charge in [-0.3, -0.25) is 9.59 Å². The molecule has 7 heteroatoms. The molecule has 1 aromatic carbocycles. The predicted molar refractivity (Wildman–Crippen MR) is 100 cm³/mol. The Labute approximate surface area is 164 Å². The van der Waals surface area contributed by atoms with E-state index in [1.165, 1.54) is 12.1 Å². The Morgan fingerprint density at radius 2 is 1.93 bits per heavy atom. The van der Waals surface area contributed by atoms with Gasteiger partial charge in [0.15, 0.2) is 0 Å². The number of benzene rings is 1. The fourth-order valence-electron chi connectivity index (χ4n) is 3.36. The first-order valence-corrected chi connectivity index (χ1v) is 9.30. The number of amides is 1. The van der Waals surface area contributed by atoms with Gasteiger partial charge < -0.3 is 20.2 Å². The third-order valence-electron chi connectivity index (χ3n) is 4.90. The molecule has 0 aromatic heterocycles. The molecule has 152 valence electrons. The van der Waals surface area contributed by atoms with Crippen LogP contribution in [0.4, 0.5) is 4.39 Å². The first-order valence-electron chi connectivity index (χ1n) is 9.30. The molecular weight excluding hydrogens is 365 g/mol. The van der Waals surface area contributed by atoms with Crippen LogP contribution in [0.25, 0.3) is 0 Å². The first-order chi connectivity index (χ1) is 13.2. The van der Waals surface area contributed by atoms with Crippen LogP contribution in [-0.2, 0) is 16.1 Å². The van der Waals surface area contributed by atoms with Crippen LogP contribution in [0.5, 0.6) is 0 Å². The molecule has 1 aliphatic rings. The van der Waals surface area contributed by atoms with Crippen molar-refractivity contribution < 1.29 is 29.3 Å². The van der Waals surface area contributed by atoms with E-state index in [1.807, 2.05) is 13.8 Å². The molecule has 6 nitrogen and oxygen atoms in total. The second kappa shape index (κ2) is 9.67. The Kier molecular flexibility index (Phi) is 7.55. The highest BCUT2D eigenvalue weighted by Gasteiger charge is 2.40. The molecule has 0 bridgehead atoms. The Morgan fingerprint density at radius 3 is 2.50 bits per heavy atom. The second-order valence-corrected chi connectivity index (χ2v) is 7.50. The van der Waals surface area contributed by atoms with E-state index in [0.29, 0.717) is 13.0 Å². The van der Waals surface area contributed by atoms with E-state index in [1.54, 1.807) is 17.0 Å². The van der Waals surface area contributed by atoms with Crippen LogP contribution in [-0.4, -0.2) is 50.3 Å². The summed E-state index contributed by atoms with van der Waals surface area (Å²) in [5.74, 6) is 4.23. The van der Waals surface area contributed by atoms with Gasteiger partial charge in [-0.05, 0) is 23.6 Å². The summed E-state index contributed by atoms with van der Waals surface area (Å²) in [6.07, 6.45) is -2.68. The summed E-state index contributed by atoms with van der Waals surface area (Å²) >= 11 is 0. The standard InChI is InChI=1S/C21H26FNO5/c1-13(2)18-11-20(26)23(12-14-3-5-15(22)6-4-14)19(18)8-7-16(24)9-17(25)10-21(27)28/h3-6,13,16-19,24-25H,9-12H2,1-2H3,(H,27,28)/t16-,17-,18?,19?/m0/s1. The lowest BCUT2D eigenvalue weighted by molar-refractivity contribution is -0.139. The summed E-state index contributed by atoms with van der Waals surface area (Å²) in [5, 5.41) is 28.3. The molecule has 0 spiro atoms. The molecule has 4 atom stereocenters. The van der Waals surface area contributed by atoms with Gasteiger partial charge in [0.05, 0.1) is 18.6 Å². The Hall–Kier alpha value is -2.43. The molecule has 1 aliphatic heterocycles. The second-order valence-electron chi connectivity index (χ2n) is 7.50. The molecule has 3 N–H and O–H groups in total. The van der Waals surface area contributed by atoms with Crippen molar-refractivity contribution in [1.29, 1.82) is 0 Å². The van der Waals surface area contributed by atoms with E-state index in [0.717, 1.165) is 5.56 Å². The molecule has 2 rings (SSSR count). The fourth-order valence-corrected chi connectivity index (χ4v) is 3.36. The SMILES string of the molecule is CC(C)C1CC(=O)N(Cc2ccc(F)cc2)C1C#C[C@H](O)C[C@H](O)CC(=O)O. The summed E-state index contributed by atoms with van der Waals surface area (Å²) < 4.78 is 13.1. The number of carboxylic acid groups (broad SMARTS) is 1. The van der Waals surface area contributed by atoms with E-state index in [-0.39, 0.29) is 30.0 Å². The van der Waals surface area contributed by atoms with Gasteiger partial charge in [0, 0.05) is 25.3 Å². The highest BCUT2D eigenvalue weighted by Crippen LogP contribution is 2.32. The minimum atomic E-state index is -1.19. The molecule has 1 fully saturated rings. The van der Waals surface area contributed by atoms with Crippen molar-refractivity contribution in [3.63, 3.8) is 0 Å². The molecule has 1 amide bonds. The lowest BCUT2D eigenvalue weighted by Gasteiger charge is -2.26. The van der Waals surface area contributed by atoms with Crippen molar-refractivity contribution >= 4 is 11.9 Å². The van der Waals surface area contributed by atoms with Gasteiger partial charge in [0.2, 0.25) is 5.91 Å². The van der Waals surface area contributed by atoms with Gasteiger partial charge in [-0.25, -0.2) is 4.39 Å². The van der Waals surface area contributed by atoms with E-state index >= 15 is 0 Å². The number of rotatable bonds is 7. The van der Waals surface area contributed by atoms with Gasteiger partial charge in [-0.2, -0.15) is 0 Å². The number of halogens is 1. The third-order valence-corrected chi connectivity index (χ3v) is 4.90. The maximum Gasteiger partial charge on any atom is 0.305 e. The molecule has 0 aliphatic carbocycles. The van der Waals surface area contributed by atoms with Crippen LogP contribution >= 0.6 is 0 Å². The maximum atomic E-state index is 13.1. The van der Waals surface area contributed by atoms with Gasteiger partial charge in [-0.1, -0.05) is 37.8 Å². The third kappa shape index (κ3) is 6.04. The fraction of sp³-hybridized carbons (Fsp3) is 0.524. The molecule has 2 unspecified atom stereocenters. The molecule has 28 heavy (non-hydrogen) atoms. The topological polar surface area (TPSA) is 98.1 Å². The zero-order valence-electron chi connectivity index (χ0n) is 16.0. The van der Waals surface area contributed by atoms with Gasteiger partial charge in [0.25, 0.3) is 0 Å². The molecule has 0 radical (unpaired) electrons. The number of hydrogen-bond acceptors (Lipinski definition) is 4. The zero-order chi connectivity index (χ0) is 20.8. The van der Waals surface area contributed by atoms with Gasteiger partial charge in [-0.15, -0.1) is 0 Å². The number of aliphatic hydroxyl groups is 2. The van der Waals surface area contributed by atoms with E-state index in [2.05, 4.69) is 11.8 Å². The van der Waals surface area contributed by atoms with Crippen LogP contribution in [0.15, 0.2) is 24.3 Å². The van der Waals surface area contributed by atoms with Crippen LogP contribution in [0, 0.1) is 29.5 Å². The highest BCUT2D eigenvalue weighted by atomic mass is 19.1. The largest absolute Gasteiger partial charge is 0.481 e. The number of carboxylic acids is 1. The molecule has 0 saturated carbocycles. The van der Waals surface area contributed by atoms with Gasteiger partial charge in [0.1, 0.15) is 11.9 Å². The Balaban J connectivity index is 2.15. The maximum absolute atomic E-state index is 13.1. The molecular formula is C21H26FNO5.